The van der Waals surface area contributed by atoms with Crippen LogP contribution >= 0.6 is 0 Å². The molecule has 14 nitrogen and oxygen atoms in total. The minimum absolute atomic E-state index is 0.0443. The number of hydrogen-bond acceptors (Lipinski definition) is 13. The van der Waals surface area contributed by atoms with Crippen molar-refractivity contribution in [2.75, 3.05) is 13.2 Å². The van der Waals surface area contributed by atoms with E-state index in [1.165, 1.54) is 27.7 Å². The SMILES string of the molecule is CC(=O)N[C@@H](CO)[C@@H](O)C(=O)OC1C[C@@]2(O)[C@@H](OC(C)=O)[C@@H]3[C@]4(O)CO[C@@H]4C[C@H](O)[C@@]3(C)C(=O)[C@H](O)C(=C1C)C2(C)C. The zero-order valence-electron chi connectivity index (χ0n) is 24.5. The fraction of sp³-hybridized carbons (Fsp3) is 0.786. The van der Waals surface area contributed by atoms with E-state index in [0.29, 0.717) is 0 Å². The summed E-state index contributed by atoms with van der Waals surface area (Å²) in [6.45, 7) is 6.97. The minimum Gasteiger partial charge on any atom is -0.459 e. The summed E-state index contributed by atoms with van der Waals surface area (Å²) in [7, 11) is 0. The average Bonchev–Trinajstić information content (AvgIpc) is 2.89. The van der Waals surface area contributed by atoms with Gasteiger partial charge in [-0.25, -0.2) is 4.79 Å². The van der Waals surface area contributed by atoms with Crippen molar-refractivity contribution < 1.29 is 64.0 Å². The molecule has 0 aromatic heterocycles. The van der Waals surface area contributed by atoms with E-state index in [-0.39, 0.29) is 24.2 Å². The van der Waals surface area contributed by atoms with Gasteiger partial charge in [0.25, 0.3) is 0 Å². The molecule has 14 heteroatoms. The summed E-state index contributed by atoms with van der Waals surface area (Å²) in [6, 6.07) is -1.41. The number of fused-ring (bicyclic) bond motifs is 5. The number of esters is 2. The van der Waals surface area contributed by atoms with Gasteiger partial charge >= 0.3 is 11.9 Å². The Morgan fingerprint density at radius 2 is 1.74 bits per heavy atom. The molecule has 7 N–H and O–H groups in total. The van der Waals surface area contributed by atoms with E-state index in [1.807, 2.05) is 0 Å². The van der Waals surface area contributed by atoms with Gasteiger partial charge in [-0.2, -0.15) is 0 Å². The first-order chi connectivity index (χ1) is 19.3. The topological polar surface area (TPSA) is 229 Å². The van der Waals surface area contributed by atoms with Crippen LogP contribution in [0.3, 0.4) is 0 Å². The van der Waals surface area contributed by atoms with Gasteiger partial charge in [0, 0.05) is 38.0 Å². The lowest BCUT2D eigenvalue weighted by Gasteiger charge is -2.66. The van der Waals surface area contributed by atoms with Crippen LogP contribution < -0.4 is 5.32 Å². The second-order valence-corrected chi connectivity index (χ2v) is 12.8. The van der Waals surface area contributed by atoms with Gasteiger partial charge in [-0.15, -0.1) is 0 Å². The Hall–Kier alpha value is -2.46. The van der Waals surface area contributed by atoms with E-state index in [0.717, 1.165) is 13.8 Å². The number of hydrogen-bond donors (Lipinski definition) is 7. The smallest absolute Gasteiger partial charge is 0.337 e. The van der Waals surface area contributed by atoms with Crippen molar-refractivity contribution in [2.24, 2.45) is 16.7 Å². The molecule has 4 rings (SSSR count). The number of aliphatic hydroxyl groups excluding tert-OH is 4. The summed E-state index contributed by atoms with van der Waals surface area (Å²) < 4.78 is 16.8. The van der Waals surface area contributed by atoms with Gasteiger partial charge in [-0.05, 0) is 25.0 Å². The molecule has 42 heavy (non-hydrogen) atoms. The van der Waals surface area contributed by atoms with Crippen LogP contribution in [-0.2, 0) is 33.4 Å². The lowest BCUT2D eigenvalue weighted by Crippen LogP contribution is -2.81. The molecular weight excluding hydrogens is 558 g/mol. The molecule has 0 radical (unpaired) electrons. The monoisotopic (exact) mass is 599 g/mol. The Labute approximate surface area is 242 Å². The Morgan fingerprint density at radius 3 is 2.24 bits per heavy atom. The van der Waals surface area contributed by atoms with Crippen molar-refractivity contribution in [1.82, 2.24) is 5.32 Å². The number of Topliss-reactive ketones (excluding diaryl/α,β-unsaturated/α-hetero) is 1. The first-order valence-electron chi connectivity index (χ1n) is 13.9. The van der Waals surface area contributed by atoms with Crippen LogP contribution in [0.4, 0.5) is 0 Å². The molecule has 2 bridgehead atoms. The van der Waals surface area contributed by atoms with E-state index in [4.69, 9.17) is 14.2 Å². The average molecular weight is 600 g/mol. The van der Waals surface area contributed by atoms with E-state index in [9.17, 15) is 49.8 Å². The second-order valence-electron chi connectivity index (χ2n) is 12.8. The van der Waals surface area contributed by atoms with Crippen LogP contribution in [0.25, 0.3) is 0 Å². The second kappa shape index (κ2) is 10.6. The van der Waals surface area contributed by atoms with Gasteiger partial charge in [0.15, 0.2) is 11.9 Å². The Kier molecular flexibility index (Phi) is 8.20. The van der Waals surface area contributed by atoms with Crippen LogP contribution in [0.2, 0.25) is 0 Å². The number of ether oxygens (including phenoxy) is 3. The van der Waals surface area contributed by atoms with Crippen molar-refractivity contribution >= 4 is 23.6 Å². The lowest BCUT2D eigenvalue weighted by molar-refractivity contribution is -0.345. The van der Waals surface area contributed by atoms with E-state index in [2.05, 4.69) is 5.32 Å². The molecule has 1 unspecified atom stereocenters. The maximum Gasteiger partial charge on any atom is 0.337 e. The fourth-order valence-corrected chi connectivity index (χ4v) is 7.66. The van der Waals surface area contributed by atoms with E-state index in [1.54, 1.807) is 0 Å². The number of ketones is 1. The Morgan fingerprint density at radius 1 is 1.12 bits per heavy atom. The molecule has 1 saturated heterocycles. The van der Waals surface area contributed by atoms with Gasteiger partial charge in [0.2, 0.25) is 5.91 Å². The highest BCUT2D eigenvalue weighted by Crippen LogP contribution is 2.63. The van der Waals surface area contributed by atoms with Gasteiger partial charge < -0.3 is 50.2 Å². The van der Waals surface area contributed by atoms with Crippen LogP contribution in [0.5, 0.6) is 0 Å². The molecule has 3 fully saturated rings. The van der Waals surface area contributed by atoms with Crippen molar-refractivity contribution in [2.45, 2.75) is 108 Å². The van der Waals surface area contributed by atoms with Gasteiger partial charge in [0.05, 0.1) is 36.9 Å². The maximum atomic E-state index is 14.2. The van der Waals surface area contributed by atoms with Crippen LogP contribution in [0.15, 0.2) is 11.1 Å². The third kappa shape index (κ3) is 4.50. The van der Waals surface area contributed by atoms with Gasteiger partial charge in [-0.1, -0.05) is 13.8 Å². The molecule has 3 aliphatic carbocycles. The van der Waals surface area contributed by atoms with E-state index < -0.39 is 107 Å². The number of rotatable bonds is 6. The standard InChI is InChI=1S/C28H41NO13/c1-11-15(42-24(37)19(34)14(9-30)29-12(2)31)8-28(39)23(41-13(3)32)21-26(6,16(33)7-17-27(21,38)10-40-17)22(36)20(35)18(11)25(28,4)5/h14-17,19-21,23,30,33-35,38-39H,7-10H2,1-6H3,(H,29,31)/t14-,15?,16-,17+,19+,20+,21-,23-,26+,27-,28+/m0/s1. The minimum atomic E-state index is -2.22. The van der Waals surface area contributed by atoms with Crippen molar-refractivity contribution in [3.63, 3.8) is 0 Å². The van der Waals surface area contributed by atoms with E-state index >= 15 is 0 Å². The third-order valence-electron chi connectivity index (χ3n) is 10.1. The van der Waals surface area contributed by atoms with Crippen molar-refractivity contribution in [1.29, 1.82) is 0 Å². The number of amides is 1. The number of nitrogens with one attached hydrogen (secondary N) is 1. The summed E-state index contributed by atoms with van der Waals surface area (Å²) in [5.74, 6) is -5.12. The predicted molar refractivity (Wildman–Crippen MR) is 140 cm³/mol. The van der Waals surface area contributed by atoms with Gasteiger partial charge in [-0.3, -0.25) is 14.4 Å². The molecule has 1 amide bonds. The van der Waals surface area contributed by atoms with Gasteiger partial charge in [0.1, 0.15) is 29.5 Å². The number of aliphatic hydroxyl groups is 6. The molecule has 4 aliphatic rings. The fourth-order valence-electron chi connectivity index (χ4n) is 7.66. The molecule has 0 aromatic carbocycles. The highest BCUT2D eigenvalue weighted by molar-refractivity contribution is 5.93. The molecule has 0 spiro atoms. The molecule has 2 saturated carbocycles. The number of carbonyl (C=O) groups is 4. The molecule has 1 aliphatic heterocycles. The van der Waals surface area contributed by atoms with Crippen LogP contribution in [-0.4, -0.2) is 121 Å². The zero-order valence-corrected chi connectivity index (χ0v) is 24.5. The summed E-state index contributed by atoms with van der Waals surface area (Å²) in [5, 5.41) is 69.7. The summed E-state index contributed by atoms with van der Waals surface area (Å²) in [6.07, 6.45) is -10.0. The predicted octanol–water partition coefficient (Wildman–Crippen LogP) is -2.37. The maximum absolute atomic E-state index is 14.2. The quantitative estimate of drug-likeness (QED) is 0.125. The molecular formula is C28H41NO13. The largest absolute Gasteiger partial charge is 0.459 e. The summed E-state index contributed by atoms with van der Waals surface area (Å²) in [5.41, 5.74) is -7.37. The van der Waals surface area contributed by atoms with Crippen molar-refractivity contribution in [3.8, 4) is 0 Å². The van der Waals surface area contributed by atoms with Crippen molar-refractivity contribution in [3.05, 3.63) is 11.1 Å². The normalized spacial score (nSPS) is 42.0. The highest BCUT2D eigenvalue weighted by Gasteiger charge is 2.76. The number of carbonyl (C=O) groups excluding carboxylic acids is 4. The van der Waals surface area contributed by atoms with Crippen LogP contribution in [0.1, 0.15) is 54.4 Å². The first-order valence-corrected chi connectivity index (χ1v) is 13.9. The summed E-state index contributed by atoms with van der Waals surface area (Å²) in [4.78, 5) is 51.2. The lowest BCUT2D eigenvalue weighted by atomic mass is 9.45. The molecule has 1 heterocycles. The molecule has 11 atom stereocenters. The molecule has 236 valence electrons. The Bertz CT molecular complexity index is 1200. The highest BCUT2D eigenvalue weighted by atomic mass is 16.6. The third-order valence-corrected chi connectivity index (χ3v) is 10.1. The van der Waals surface area contributed by atoms with Crippen LogP contribution in [0, 0.1) is 16.7 Å². The first kappa shape index (κ1) is 32.5. The molecule has 0 aromatic rings. The summed E-state index contributed by atoms with van der Waals surface area (Å²) >= 11 is 0. The zero-order chi connectivity index (χ0) is 31.7. The Balaban J connectivity index is 1.89.